The molecule has 0 aliphatic heterocycles. The van der Waals surface area contributed by atoms with Gasteiger partial charge in [0.1, 0.15) is 0 Å². The fourth-order valence-electron chi connectivity index (χ4n) is 3.65. The van der Waals surface area contributed by atoms with Gasteiger partial charge in [-0.05, 0) is 12.0 Å². The molecule has 1 heteroatoms. The van der Waals surface area contributed by atoms with Gasteiger partial charge >= 0.3 is 0 Å². The number of hydrogen-bond donors (Lipinski definition) is 0. The Morgan fingerprint density at radius 1 is 1.05 bits per heavy atom. The maximum Gasteiger partial charge on any atom is -0.0303 e. The predicted molar refractivity (Wildman–Crippen MR) is 88.5 cm³/mol. The summed E-state index contributed by atoms with van der Waals surface area (Å²) in [7, 11) is -1.06. The highest BCUT2D eigenvalue weighted by Crippen LogP contribution is 2.43. The van der Waals surface area contributed by atoms with E-state index >= 15 is 0 Å². The summed E-state index contributed by atoms with van der Waals surface area (Å²) in [6, 6.07) is 11.0. The Kier molecular flexibility index (Phi) is 5.26. The molecule has 1 fully saturated rings. The second kappa shape index (κ2) is 6.74. The maximum absolute atomic E-state index is 2.65. The van der Waals surface area contributed by atoms with Crippen LogP contribution in [0.3, 0.4) is 0 Å². The summed E-state index contributed by atoms with van der Waals surface area (Å²) in [5.74, 6) is 0. The second-order valence-electron chi connectivity index (χ2n) is 7.08. The lowest BCUT2D eigenvalue weighted by atomic mass is 10.0. The van der Waals surface area contributed by atoms with Crippen LogP contribution < -0.4 is 0 Å². The third-order valence-corrected chi connectivity index (χ3v) is 11.1. The lowest BCUT2D eigenvalue weighted by Gasteiger charge is -2.50. The summed E-state index contributed by atoms with van der Waals surface area (Å²) >= 11 is 0. The van der Waals surface area contributed by atoms with Crippen LogP contribution in [0.25, 0.3) is 0 Å². The molecule has 0 aromatic heterocycles. The van der Waals surface area contributed by atoms with Gasteiger partial charge in [-0.1, -0.05) is 75.8 Å². The minimum atomic E-state index is -1.06. The smallest absolute Gasteiger partial charge is 0.0303 e. The number of rotatable bonds is 5. The average molecular weight is 275 g/mol. The van der Waals surface area contributed by atoms with Crippen LogP contribution in [0.4, 0.5) is 0 Å². The first-order valence-electron chi connectivity index (χ1n) is 8.14. The van der Waals surface area contributed by atoms with Gasteiger partial charge in [0.05, 0.1) is 0 Å². The lowest BCUT2D eigenvalue weighted by Crippen LogP contribution is -2.38. The van der Waals surface area contributed by atoms with Crippen LogP contribution in [0.15, 0.2) is 30.3 Å². The van der Waals surface area contributed by atoms with Gasteiger partial charge in [-0.15, -0.1) is 19.2 Å². The Balaban J connectivity index is 1.88. The average Bonchev–Trinajstić information content (AvgIpc) is 2.46. The molecular formula is C18H30Si-. The van der Waals surface area contributed by atoms with Gasteiger partial charge in [-0.3, -0.25) is 0 Å². The first-order valence-corrected chi connectivity index (χ1v) is 11.3. The minimum Gasteiger partial charge on any atom is -0.168 e. The summed E-state index contributed by atoms with van der Waals surface area (Å²) < 4.78 is 0. The van der Waals surface area contributed by atoms with Crippen molar-refractivity contribution in [2.75, 3.05) is 0 Å². The van der Waals surface area contributed by atoms with E-state index in [1.54, 1.807) is 0 Å². The van der Waals surface area contributed by atoms with Crippen LogP contribution in [0, 0.1) is 0 Å². The second-order valence-corrected chi connectivity index (χ2v) is 12.5. The quantitative estimate of drug-likeness (QED) is 0.573. The molecule has 0 radical (unpaired) electrons. The molecule has 0 nitrogen and oxygen atoms in total. The van der Waals surface area contributed by atoms with E-state index in [4.69, 9.17) is 0 Å². The first-order chi connectivity index (χ1) is 9.10. The van der Waals surface area contributed by atoms with E-state index in [0.717, 1.165) is 11.1 Å². The minimum absolute atomic E-state index is 0.954. The van der Waals surface area contributed by atoms with Gasteiger partial charge in [0, 0.05) is 0 Å². The first kappa shape index (κ1) is 14.8. The molecule has 107 valence electrons. The summed E-state index contributed by atoms with van der Waals surface area (Å²) in [6.45, 7) is 7.83. The zero-order chi connectivity index (χ0) is 13.7. The summed E-state index contributed by atoms with van der Waals surface area (Å²) in [5, 5.41) is 0. The molecule has 0 saturated heterocycles. The number of aryl methyl sites for hydroxylation is 1. The van der Waals surface area contributed by atoms with Crippen molar-refractivity contribution in [1.29, 1.82) is 0 Å². The van der Waals surface area contributed by atoms with E-state index in [9.17, 15) is 0 Å². The van der Waals surface area contributed by atoms with E-state index in [1.807, 2.05) is 0 Å². The maximum atomic E-state index is 2.65. The Morgan fingerprint density at radius 2 is 1.68 bits per heavy atom. The van der Waals surface area contributed by atoms with Gasteiger partial charge in [-0.2, -0.15) is 13.1 Å². The number of hydrogen-bond acceptors (Lipinski definition) is 0. The van der Waals surface area contributed by atoms with Crippen LogP contribution in [0.2, 0.25) is 24.2 Å². The van der Waals surface area contributed by atoms with Crippen molar-refractivity contribution in [2.45, 2.75) is 76.0 Å². The Bertz CT molecular complexity index is 363. The van der Waals surface area contributed by atoms with Gasteiger partial charge < -0.3 is 0 Å². The summed E-state index contributed by atoms with van der Waals surface area (Å²) in [5.41, 5.74) is 3.56. The topological polar surface area (TPSA) is 0 Å². The molecule has 0 heterocycles. The van der Waals surface area contributed by atoms with E-state index in [-0.39, 0.29) is 0 Å². The molecular weight excluding hydrogens is 244 g/mol. The normalized spacial score (nSPS) is 19.3. The Morgan fingerprint density at radius 3 is 2.32 bits per heavy atom. The summed E-state index contributed by atoms with van der Waals surface area (Å²) in [6.07, 6.45) is 10.2. The zero-order valence-corrected chi connectivity index (χ0v) is 14.0. The third-order valence-electron chi connectivity index (χ3n) is 5.64. The SMILES string of the molecule is CC(CCc1ccccc1)[Si-](C)(C)C1CCCCC1. The number of benzene rings is 1. The van der Waals surface area contributed by atoms with Gasteiger partial charge in [0.25, 0.3) is 0 Å². The van der Waals surface area contributed by atoms with Crippen molar-refractivity contribution in [2.24, 2.45) is 0 Å². The molecule has 0 spiro atoms. The summed E-state index contributed by atoms with van der Waals surface area (Å²) in [4.78, 5) is 0. The van der Waals surface area contributed by atoms with E-state index in [1.165, 1.54) is 50.5 Å². The van der Waals surface area contributed by atoms with Crippen LogP contribution in [0.5, 0.6) is 0 Å². The van der Waals surface area contributed by atoms with Gasteiger partial charge in [0.15, 0.2) is 0 Å². The third kappa shape index (κ3) is 3.95. The fraction of sp³-hybridized carbons (Fsp3) is 0.667. The van der Waals surface area contributed by atoms with Gasteiger partial charge in [-0.25, -0.2) is 0 Å². The van der Waals surface area contributed by atoms with Crippen molar-refractivity contribution >= 4 is 8.07 Å². The molecule has 1 aromatic rings. The fourth-order valence-corrected chi connectivity index (χ4v) is 7.24. The Hall–Kier alpha value is -0.563. The molecule has 0 amide bonds. The van der Waals surface area contributed by atoms with Crippen molar-refractivity contribution < 1.29 is 0 Å². The molecule has 19 heavy (non-hydrogen) atoms. The van der Waals surface area contributed by atoms with Crippen LogP contribution in [0.1, 0.15) is 51.0 Å². The molecule has 1 unspecified atom stereocenters. The largest absolute Gasteiger partial charge is 0.168 e. The molecule has 1 aliphatic rings. The predicted octanol–water partition coefficient (Wildman–Crippen LogP) is 6.05. The van der Waals surface area contributed by atoms with E-state index < -0.39 is 8.07 Å². The molecule has 1 saturated carbocycles. The standard InChI is InChI=1S/C18H30Si/c1-16(14-15-17-10-6-4-7-11-17)19(2,3)18-12-8-5-9-13-18/h4,6-7,10-11,16,18H,5,8-9,12-15H2,1-3H3/q-1. The van der Waals surface area contributed by atoms with Gasteiger partial charge in [0.2, 0.25) is 0 Å². The Labute approximate surface area is 120 Å². The van der Waals surface area contributed by atoms with E-state index in [0.29, 0.717) is 0 Å². The molecule has 0 bridgehead atoms. The molecule has 2 rings (SSSR count). The molecule has 1 aliphatic carbocycles. The molecule has 1 aromatic carbocycles. The van der Waals surface area contributed by atoms with Crippen LogP contribution >= 0.6 is 0 Å². The van der Waals surface area contributed by atoms with Crippen LogP contribution in [-0.2, 0) is 6.42 Å². The zero-order valence-electron chi connectivity index (χ0n) is 13.0. The highest BCUT2D eigenvalue weighted by atomic mass is 28.3. The molecule has 0 N–H and O–H groups in total. The van der Waals surface area contributed by atoms with Crippen molar-refractivity contribution in [1.82, 2.24) is 0 Å². The van der Waals surface area contributed by atoms with Crippen LogP contribution in [-0.4, -0.2) is 8.07 Å². The monoisotopic (exact) mass is 274 g/mol. The van der Waals surface area contributed by atoms with Crippen molar-refractivity contribution in [3.63, 3.8) is 0 Å². The highest BCUT2D eigenvalue weighted by molar-refractivity contribution is 6.80. The molecule has 1 atom stereocenters. The van der Waals surface area contributed by atoms with E-state index in [2.05, 4.69) is 50.3 Å². The highest BCUT2D eigenvalue weighted by Gasteiger charge is 2.26. The van der Waals surface area contributed by atoms with Crippen molar-refractivity contribution in [3.8, 4) is 0 Å². The lowest BCUT2D eigenvalue weighted by molar-refractivity contribution is 0.485. The van der Waals surface area contributed by atoms with Crippen molar-refractivity contribution in [3.05, 3.63) is 35.9 Å².